The molecule has 0 radical (unpaired) electrons. The molecule has 5 rings (SSSR count). The van der Waals surface area contributed by atoms with E-state index in [1.807, 2.05) is 55.5 Å². The summed E-state index contributed by atoms with van der Waals surface area (Å²) in [5.41, 5.74) is 9.85. The third-order valence-corrected chi connectivity index (χ3v) is 8.17. The molecule has 2 aromatic rings. The summed E-state index contributed by atoms with van der Waals surface area (Å²) in [4.78, 5) is 29.3. The van der Waals surface area contributed by atoms with Gasteiger partial charge in [-0.3, -0.25) is 14.6 Å². The minimum Gasteiger partial charge on any atom is -0.483 e. The number of nitrogens with two attached hydrogens (primary N) is 1. The Hall–Kier alpha value is -4.96. The van der Waals surface area contributed by atoms with Crippen molar-refractivity contribution in [1.82, 2.24) is 5.32 Å². The Morgan fingerprint density at radius 2 is 1.94 bits per heavy atom. The number of ketones is 1. The lowest BCUT2D eigenvalue weighted by Crippen LogP contribution is -2.28. The van der Waals surface area contributed by atoms with Crippen molar-refractivity contribution in [2.45, 2.75) is 51.6 Å². The van der Waals surface area contributed by atoms with Crippen molar-refractivity contribution in [2.24, 2.45) is 16.6 Å². The molecule has 1 aliphatic heterocycles. The molecule has 2 aromatic carbocycles. The van der Waals surface area contributed by atoms with E-state index < -0.39 is 11.6 Å². The summed E-state index contributed by atoms with van der Waals surface area (Å²) in [6, 6.07) is 8.48. The monoisotopic (exact) mass is 639 g/mol. The van der Waals surface area contributed by atoms with Crippen LogP contribution in [0, 0.1) is 23.0 Å². The molecular weight excluding hydrogens is 600 g/mol. The molecule has 10 heteroatoms. The van der Waals surface area contributed by atoms with Gasteiger partial charge in [0.05, 0.1) is 11.4 Å². The molecule has 1 amide bonds. The number of carbonyl (C=O) groups excluding carboxylic acids is 2. The lowest BCUT2D eigenvalue weighted by molar-refractivity contribution is -0.120. The van der Waals surface area contributed by atoms with Gasteiger partial charge in [0, 0.05) is 73.4 Å². The molecule has 3 aliphatic rings. The number of halogens is 2. The number of nitrogens with zero attached hydrogens (tertiary/aromatic N) is 1. The van der Waals surface area contributed by atoms with Crippen LogP contribution in [0.4, 0.5) is 14.5 Å². The van der Waals surface area contributed by atoms with Crippen LogP contribution in [-0.2, 0) is 11.2 Å². The predicted molar refractivity (Wildman–Crippen MR) is 182 cm³/mol. The van der Waals surface area contributed by atoms with E-state index in [0.29, 0.717) is 36.1 Å². The van der Waals surface area contributed by atoms with Gasteiger partial charge in [-0.25, -0.2) is 4.39 Å². The number of hydrogen-bond acceptors (Lipinski definition) is 7. The van der Waals surface area contributed by atoms with Gasteiger partial charge in [0.1, 0.15) is 6.10 Å². The molecule has 1 heterocycles. The highest BCUT2D eigenvalue weighted by molar-refractivity contribution is 6.14. The second kappa shape index (κ2) is 15.6. The molecule has 2 aliphatic carbocycles. The van der Waals surface area contributed by atoms with E-state index >= 15 is 8.78 Å². The fraction of sp³-hybridized carbons (Fsp3) is 0.297. The molecule has 2 atom stereocenters. The van der Waals surface area contributed by atoms with E-state index in [-0.39, 0.29) is 73.1 Å². The Labute approximate surface area is 273 Å². The van der Waals surface area contributed by atoms with Crippen molar-refractivity contribution in [3.05, 3.63) is 113 Å². The predicted octanol–water partition coefficient (Wildman–Crippen LogP) is 6.61. The summed E-state index contributed by atoms with van der Waals surface area (Å²) >= 11 is 0. The first-order valence-electron chi connectivity index (χ1n) is 15.9. The number of nitrogens with one attached hydrogen (secondary N) is 3. The normalized spacial score (nSPS) is 18.1. The first-order chi connectivity index (χ1) is 22.8. The van der Waals surface area contributed by atoms with Crippen molar-refractivity contribution in [2.75, 3.05) is 18.4 Å². The number of amides is 1. The maximum atomic E-state index is 15.5. The SMILES string of the molecule is CCc1cc(NC2=CCC=CC3C(c4ccc(OC5C=CC=CC5)c(F)c4F)=CN=C23)ccc1C(=O)CC(=N)CCNC(=O)CCN. The number of fused-ring (bicyclic) bond motifs is 1. The topological polar surface area (TPSA) is 130 Å². The third-order valence-electron chi connectivity index (χ3n) is 8.17. The molecule has 47 heavy (non-hydrogen) atoms. The van der Waals surface area contributed by atoms with Crippen LogP contribution in [0.5, 0.6) is 5.75 Å². The fourth-order valence-corrected chi connectivity index (χ4v) is 5.73. The molecular formula is C37H39F2N5O3. The van der Waals surface area contributed by atoms with Crippen LogP contribution < -0.4 is 21.1 Å². The fourth-order valence-electron chi connectivity index (χ4n) is 5.73. The van der Waals surface area contributed by atoms with E-state index in [4.69, 9.17) is 15.9 Å². The lowest BCUT2D eigenvalue weighted by Gasteiger charge is -2.20. The summed E-state index contributed by atoms with van der Waals surface area (Å²) < 4.78 is 36.3. The van der Waals surface area contributed by atoms with Crippen LogP contribution in [0.2, 0.25) is 0 Å². The summed E-state index contributed by atoms with van der Waals surface area (Å²) in [5, 5.41) is 14.3. The average molecular weight is 640 g/mol. The van der Waals surface area contributed by atoms with Crippen molar-refractivity contribution in [1.29, 1.82) is 5.41 Å². The Bertz CT molecular complexity index is 1740. The Kier molecular flexibility index (Phi) is 11.1. The van der Waals surface area contributed by atoms with Crippen LogP contribution in [-0.4, -0.2) is 42.3 Å². The van der Waals surface area contributed by atoms with E-state index in [2.05, 4.69) is 15.6 Å². The quantitative estimate of drug-likeness (QED) is 0.105. The number of allylic oxidation sites excluding steroid dienone is 7. The lowest BCUT2D eigenvalue weighted by atomic mass is 9.89. The van der Waals surface area contributed by atoms with E-state index in [0.717, 1.165) is 16.9 Å². The second-order valence-corrected chi connectivity index (χ2v) is 11.5. The number of Topliss-reactive ketones (excluding diaryl/α,β-unsaturated/α-hetero) is 1. The van der Waals surface area contributed by atoms with Gasteiger partial charge < -0.3 is 26.5 Å². The summed E-state index contributed by atoms with van der Waals surface area (Å²) in [6.45, 7) is 2.51. The van der Waals surface area contributed by atoms with Crippen molar-refractivity contribution in [3.63, 3.8) is 0 Å². The van der Waals surface area contributed by atoms with Crippen molar-refractivity contribution in [3.8, 4) is 5.75 Å². The number of aliphatic imine (C=N–C) groups is 1. The van der Waals surface area contributed by atoms with E-state index in [9.17, 15) is 9.59 Å². The average Bonchev–Trinajstić information content (AvgIpc) is 3.38. The minimum atomic E-state index is -1.03. The zero-order valence-corrected chi connectivity index (χ0v) is 26.3. The highest BCUT2D eigenvalue weighted by Crippen LogP contribution is 2.38. The van der Waals surface area contributed by atoms with Gasteiger partial charge >= 0.3 is 0 Å². The number of ether oxygens (including phenoxy) is 1. The Morgan fingerprint density at radius 1 is 1.09 bits per heavy atom. The zero-order valence-electron chi connectivity index (χ0n) is 26.3. The molecule has 2 unspecified atom stereocenters. The zero-order chi connectivity index (χ0) is 33.3. The maximum absolute atomic E-state index is 15.5. The minimum absolute atomic E-state index is 0.0322. The van der Waals surface area contributed by atoms with Gasteiger partial charge in [0.25, 0.3) is 0 Å². The van der Waals surface area contributed by atoms with Gasteiger partial charge in [-0.15, -0.1) is 0 Å². The van der Waals surface area contributed by atoms with Gasteiger partial charge in [0.2, 0.25) is 11.7 Å². The molecule has 0 saturated heterocycles. The Balaban J connectivity index is 1.25. The molecule has 0 saturated carbocycles. The summed E-state index contributed by atoms with van der Waals surface area (Å²) in [5.74, 6) is -2.86. The van der Waals surface area contributed by atoms with Crippen LogP contribution in [0.3, 0.4) is 0 Å². The smallest absolute Gasteiger partial charge is 0.221 e. The number of benzene rings is 2. The van der Waals surface area contributed by atoms with Crippen molar-refractivity contribution < 1.29 is 23.1 Å². The molecule has 8 nitrogen and oxygen atoms in total. The standard InChI is InChI=1S/C37H39F2N5O3/c1-2-23-20-25(12-13-27(23)32(45)21-24(41)17-19-42-34(46)16-18-40)44-31-11-7-6-10-29-30(22-43-37(29)31)28-14-15-33(36(39)35(28)38)47-26-8-4-3-5-9-26/h3-6,8,10-15,20,22,26,29,41,44H,2,7,9,16-19,21,40H2,1H3,(H,42,46). The van der Waals surface area contributed by atoms with Crippen LogP contribution >= 0.6 is 0 Å². The molecule has 0 bridgehead atoms. The van der Waals surface area contributed by atoms with Crippen molar-refractivity contribution >= 4 is 34.4 Å². The van der Waals surface area contributed by atoms with Crippen LogP contribution in [0.1, 0.15) is 60.5 Å². The van der Waals surface area contributed by atoms with Gasteiger partial charge in [-0.1, -0.05) is 43.4 Å². The van der Waals surface area contributed by atoms with Gasteiger partial charge in [-0.05, 0) is 60.4 Å². The number of rotatable bonds is 14. The number of anilines is 1. The molecule has 244 valence electrons. The Morgan fingerprint density at radius 3 is 2.70 bits per heavy atom. The highest BCUT2D eigenvalue weighted by atomic mass is 19.2. The van der Waals surface area contributed by atoms with Crippen LogP contribution in [0.25, 0.3) is 5.57 Å². The number of aryl methyl sites for hydroxylation is 1. The molecule has 0 spiro atoms. The summed E-state index contributed by atoms with van der Waals surface area (Å²) in [7, 11) is 0. The highest BCUT2D eigenvalue weighted by Gasteiger charge is 2.31. The summed E-state index contributed by atoms with van der Waals surface area (Å²) in [6.07, 6.45) is 16.8. The largest absolute Gasteiger partial charge is 0.483 e. The van der Waals surface area contributed by atoms with Gasteiger partial charge in [-0.2, -0.15) is 4.39 Å². The second-order valence-electron chi connectivity index (χ2n) is 11.5. The van der Waals surface area contributed by atoms with Crippen LogP contribution in [0.15, 0.2) is 89.8 Å². The maximum Gasteiger partial charge on any atom is 0.221 e. The molecule has 5 N–H and O–H groups in total. The van der Waals surface area contributed by atoms with E-state index in [1.54, 1.807) is 18.3 Å². The number of carbonyl (C=O) groups is 2. The third kappa shape index (κ3) is 8.07. The molecule has 0 fully saturated rings. The van der Waals surface area contributed by atoms with Gasteiger partial charge in [0.15, 0.2) is 17.3 Å². The van der Waals surface area contributed by atoms with E-state index in [1.165, 1.54) is 12.1 Å². The molecule has 0 aromatic heterocycles. The number of hydrogen-bond donors (Lipinski definition) is 4. The first kappa shape index (κ1) is 33.4. The first-order valence-corrected chi connectivity index (χ1v) is 15.9.